The zero-order valence-electron chi connectivity index (χ0n) is 17.6. The summed E-state index contributed by atoms with van der Waals surface area (Å²) in [6, 6.07) is 30.2. The number of carbonyl (C=O) groups excluding carboxylic acids is 1. The van der Waals surface area contributed by atoms with Crippen molar-refractivity contribution in [3.63, 3.8) is 0 Å². The number of nitrogens with zero attached hydrogens (tertiary/aromatic N) is 3. The molecular weight excluding hydrogens is 396 g/mol. The molecule has 5 rings (SSSR count). The number of carbonyl (C=O) groups is 1. The van der Waals surface area contributed by atoms with Gasteiger partial charge in [-0.15, -0.1) is 0 Å². The second kappa shape index (κ2) is 8.47. The first-order chi connectivity index (χ1) is 15.7. The third kappa shape index (κ3) is 3.76. The fourth-order valence-electron chi connectivity index (χ4n) is 3.83. The molecule has 1 N–H and O–H groups in total. The summed E-state index contributed by atoms with van der Waals surface area (Å²) in [5.74, 6) is -0.194. The summed E-state index contributed by atoms with van der Waals surface area (Å²) < 4.78 is 1.72. The SMILES string of the molecule is C[C@H](NC(=O)c1cnn2c(-c3ccc(-c4ccccc4)cc3)ccnc12)c1ccccc1. The number of fused-ring (bicyclic) bond motifs is 1. The summed E-state index contributed by atoms with van der Waals surface area (Å²) in [7, 11) is 0. The number of benzene rings is 3. The van der Waals surface area contributed by atoms with Crippen molar-refractivity contribution in [1.29, 1.82) is 0 Å². The molecule has 156 valence electrons. The molecule has 5 heteroatoms. The van der Waals surface area contributed by atoms with Crippen LogP contribution in [0.15, 0.2) is 103 Å². The molecule has 0 aliphatic rings. The van der Waals surface area contributed by atoms with E-state index in [4.69, 9.17) is 0 Å². The van der Waals surface area contributed by atoms with E-state index in [1.807, 2.05) is 61.5 Å². The quantitative estimate of drug-likeness (QED) is 0.407. The van der Waals surface area contributed by atoms with E-state index < -0.39 is 0 Å². The third-order valence-electron chi connectivity index (χ3n) is 5.58. The average molecular weight is 419 g/mol. The predicted octanol–water partition coefficient (Wildman–Crippen LogP) is 5.55. The minimum Gasteiger partial charge on any atom is -0.345 e. The summed E-state index contributed by atoms with van der Waals surface area (Å²) in [5, 5.41) is 7.51. The van der Waals surface area contributed by atoms with Crippen molar-refractivity contribution in [1.82, 2.24) is 19.9 Å². The lowest BCUT2D eigenvalue weighted by Crippen LogP contribution is -2.26. The van der Waals surface area contributed by atoms with E-state index in [1.165, 1.54) is 5.56 Å². The Labute approximate surface area is 186 Å². The van der Waals surface area contributed by atoms with E-state index in [2.05, 4.69) is 51.8 Å². The van der Waals surface area contributed by atoms with Crippen LogP contribution in [0.2, 0.25) is 0 Å². The van der Waals surface area contributed by atoms with Crippen LogP contribution >= 0.6 is 0 Å². The van der Waals surface area contributed by atoms with Gasteiger partial charge in [-0.25, -0.2) is 9.50 Å². The molecule has 0 aliphatic heterocycles. The van der Waals surface area contributed by atoms with E-state index in [1.54, 1.807) is 16.9 Å². The highest BCUT2D eigenvalue weighted by Crippen LogP contribution is 2.25. The maximum absolute atomic E-state index is 12.9. The van der Waals surface area contributed by atoms with Gasteiger partial charge in [0.1, 0.15) is 5.56 Å². The van der Waals surface area contributed by atoms with Gasteiger partial charge >= 0.3 is 0 Å². The highest BCUT2D eigenvalue weighted by Gasteiger charge is 2.18. The number of amides is 1. The van der Waals surface area contributed by atoms with Crippen LogP contribution in [-0.4, -0.2) is 20.5 Å². The number of nitrogens with one attached hydrogen (secondary N) is 1. The van der Waals surface area contributed by atoms with Crippen LogP contribution in [0.4, 0.5) is 0 Å². The smallest absolute Gasteiger partial charge is 0.257 e. The molecule has 5 aromatic rings. The molecule has 0 fully saturated rings. The summed E-state index contributed by atoms with van der Waals surface area (Å²) in [5.41, 5.74) is 6.24. The summed E-state index contributed by atoms with van der Waals surface area (Å²) in [4.78, 5) is 17.4. The molecule has 0 spiro atoms. The zero-order chi connectivity index (χ0) is 21.9. The van der Waals surface area contributed by atoms with Crippen molar-refractivity contribution in [3.05, 3.63) is 115 Å². The second-order valence-electron chi connectivity index (χ2n) is 7.67. The molecule has 0 saturated carbocycles. The highest BCUT2D eigenvalue weighted by molar-refractivity contribution is 6.00. The van der Waals surface area contributed by atoms with Gasteiger partial charge in [0, 0.05) is 11.8 Å². The molecule has 0 aliphatic carbocycles. The summed E-state index contributed by atoms with van der Waals surface area (Å²) in [6.07, 6.45) is 3.30. The predicted molar refractivity (Wildman–Crippen MR) is 126 cm³/mol. The molecule has 5 nitrogen and oxygen atoms in total. The molecule has 0 radical (unpaired) electrons. The number of hydrogen-bond donors (Lipinski definition) is 1. The largest absolute Gasteiger partial charge is 0.345 e. The van der Waals surface area contributed by atoms with Gasteiger partial charge in [-0.2, -0.15) is 5.10 Å². The Kier molecular flexibility index (Phi) is 5.22. The monoisotopic (exact) mass is 418 g/mol. The Bertz CT molecular complexity index is 1360. The van der Waals surface area contributed by atoms with Crippen molar-refractivity contribution < 1.29 is 4.79 Å². The van der Waals surface area contributed by atoms with Crippen LogP contribution < -0.4 is 5.32 Å². The first-order valence-electron chi connectivity index (χ1n) is 10.5. The average Bonchev–Trinajstić information content (AvgIpc) is 3.30. The molecule has 2 heterocycles. The van der Waals surface area contributed by atoms with Crippen LogP contribution in [0.25, 0.3) is 28.0 Å². The Balaban J connectivity index is 1.44. The van der Waals surface area contributed by atoms with Crippen LogP contribution in [0.1, 0.15) is 28.9 Å². The van der Waals surface area contributed by atoms with Gasteiger partial charge in [0.25, 0.3) is 5.91 Å². The molecule has 1 amide bonds. The molecule has 32 heavy (non-hydrogen) atoms. The van der Waals surface area contributed by atoms with E-state index in [9.17, 15) is 4.79 Å². The van der Waals surface area contributed by atoms with Crippen molar-refractivity contribution in [2.75, 3.05) is 0 Å². The highest BCUT2D eigenvalue weighted by atomic mass is 16.1. The van der Waals surface area contributed by atoms with Gasteiger partial charge in [0.2, 0.25) is 0 Å². The molecule has 0 saturated heterocycles. The standard InChI is InChI=1S/C27H22N4O/c1-19(20-8-4-2-5-9-20)30-27(32)24-18-29-31-25(16-17-28-26(24)31)23-14-12-22(13-15-23)21-10-6-3-7-11-21/h2-19H,1H3,(H,30,32)/t19-/m0/s1. The van der Waals surface area contributed by atoms with Crippen molar-refractivity contribution in [3.8, 4) is 22.4 Å². The maximum Gasteiger partial charge on any atom is 0.257 e. The molecular formula is C27H22N4O. The van der Waals surface area contributed by atoms with Crippen LogP contribution in [-0.2, 0) is 0 Å². The maximum atomic E-state index is 12.9. The first-order valence-corrected chi connectivity index (χ1v) is 10.5. The van der Waals surface area contributed by atoms with Crippen LogP contribution in [0.5, 0.6) is 0 Å². The molecule has 2 aromatic heterocycles. The lowest BCUT2D eigenvalue weighted by Gasteiger charge is -2.13. The van der Waals surface area contributed by atoms with Crippen LogP contribution in [0, 0.1) is 0 Å². The van der Waals surface area contributed by atoms with Gasteiger partial charge < -0.3 is 5.32 Å². The summed E-state index contributed by atoms with van der Waals surface area (Å²) in [6.45, 7) is 1.96. The van der Waals surface area contributed by atoms with Crippen molar-refractivity contribution in [2.45, 2.75) is 13.0 Å². The Morgan fingerprint density at radius 1 is 0.812 bits per heavy atom. The zero-order valence-corrected chi connectivity index (χ0v) is 17.6. The Hall–Kier alpha value is -4.25. The van der Waals surface area contributed by atoms with Gasteiger partial charge in [-0.05, 0) is 29.7 Å². The van der Waals surface area contributed by atoms with E-state index >= 15 is 0 Å². The van der Waals surface area contributed by atoms with Gasteiger partial charge in [-0.1, -0.05) is 84.9 Å². The van der Waals surface area contributed by atoms with Crippen molar-refractivity contribution >= 4 is 11.6 Å². The fraction of sp³-hybridized carbons (Fsp3) is 0.0741. The minimum atomic E-state index is -0.194. The second-order valence-corrected chi connectivity index (χ2v) is 7.67. The van der Waals surface area contributed by atoms with E-state index in [-0.39, 0.29) is 11.9 Å². The van der Waals surface area contributed by atoms with E-state index in [0.29, 0.717) is 11.2 Å². The number of rotatable bonds is 5. The van der Waals surface area contributed by atoms with Crippen LogP contribution in [0.3, 0.4) is 0 Å². The Morgan fingerprint density at radius 2 is 1.44 bits per heavy atom. The lowest BCUT2D eigenvalue weighted by molar-refractivity contribution is 0.0941. The Morgan fingerprint density at radius 3 is 2.16 bits per heavy atom. The topological polar surface area (TPSA) is 59.3 Å². The van der Waals surface area contributed by atoms with E-state index in [0.717, 1.165) is 22.4 Å². The number of aromatic nitrogens is 3. The van der Waals surface area contributed by atoms with Crippen molar-refractivity contribution in [2.24, 2.45) is 0 Å². The normalized spacial score (nSPS) is 11.9. The van der Waals surface area contributed by atoms with Gasteiger partial charge in [0.15, 0.2) is 5.65 Å². The summed E-state index contributed by atoms with van der Waals surface area (Å²) >= 11 is 0. The van der Waals surface area contributed by atoms with Gasteiger partial charge in [0.05, 0.1) is 17.9 Å². The lowest BCUT2D eigenvalue weighted by atomic mass is 10.0. The molecule has 0 bridgehead atoms. The molecule has 0 unspecified atom stereocenters. The molecule has 1 atom stereocenters. The number of hydrogen-bond acceptors (Lipinski definition) is 3. The first kappa shape index (κ1) is 19.7. The minimum absolute atomic E-state index is 0.118. The molecule has 3 aromatic carbocycles. The fourth-order valence-corrected chi connectivity index (χ4v) is 3.83. The third-order valence-corrected chi connectivity index (χ3v) is 5.58. The van der Waals surface area contributed by atoms with Gasteiger partial charge in [-0.3, -0.25) is 4.79 Å².